The van der Waals surface area contributed by atoms with Crippen LogP contribution in [0.3, 0.4) is 0 Å². The highest BCUT2D eigenvalue weighted by atomic mass is 32.2. The van der Waals surface area contributed by atoms with Crippen LogP contribution in [0.4, 0.5) is 16.2 Å². The number of nitrogens with one attached hydrogen (secondary N) is 2. The Morgan fingerprint density at radius 1 is 1.23 bits per heavy atom. The Hall–Kier alpha value is -2.72. The van der Waals surface area contributed by atoms with E-state index in [1.54, 1.807) is 31.2 Å². The highest BCUT2D eigenvalue weighted by Crippen LogP contribution is 2.36. The number of benzene rings is 2. The summed E-state index contributed by atoms with van der Waals surface area (Å²) in [5.74, 6) is 0.112. The van der Waals surface area contributed by atoms with Gasteiger partial charge in [0.1, 0.15) is 10.6 Å². The summed E-state index contributed by atoms with van der Waals surface area (Å²) in [5.41, 5.74) is 1.09. The molecule has 0 saturated heterocycles. The highest BCUT2D eigenvalue weighted by molar-refractivity contribution is 8.15. The molecule has 136 valence electrons. The van der Waals surface area contributed by atoms with E-state index in [-0.39, 0.29) is 22.4 Å². The standard InChI is InChI=1S/C16H15N3O5S2/c1-2-23-16(20)18-15-17-14-10-11(8-9-13(14)19-25-15)24-26(21,22)12-6-4-3-5-7-12/h3-10,19H,2H2,1H3,(H,17,18,20). The first-order valence-corrected chi connectivity index (χ1v) is 9.79. The maximum atomic E-state index is 12.3. The molecule has 2 N–H and O–H groups in total. The first kappa shape index (κ1) is 18.1. The lowest BCUT2D eigenvalue weighted by Gasteiger charge is -2.17. The number of anilines is 1. The van der Waals surface area contributed by atoms with Gasteiger partial charge in [0.25, 0.3) is 0 Å². The molecule has 0 radical (unpaired) electrons. The van der Waals surface area contributed by atoms with Crippen LogP contribution in [-0.2, 0) is 14.9 Å². The second kappa shape index (κ2) is 7.67. The number of nitrogens with zero attached hydrogens (tertiary/aromatic N) is 1. The van der Waals surface area contributed by atoms with Crippen molar-refractivity contribution in [2.45, 2.75) is 11.8 Å². The molecule has 0 aromatic heterocycles. The molecule has 0 fully saturated rings. The average molecular weight is 393 g/mol. The monoisotopic (exact) mass is 393 g/mol. The van der Waals surface area contributed by atoms with Gasteiger partial charge in [0.15, 0.2) is 5.17 Å². The summed E-state index contributed by atoms with van der Waals surface area (Å²) >= 11 is 1.10. The minimum absolute atomic E-state index is 0.0552. The number of amidine groups is 1. The molecular formula is C16H15N3O5S2. The van der Waals surface area contributed by atoms with Crippen LogP contribution in [0.5, 0.6) is 5.75 Å². The number of aliphatic imine (C=N–C) groups is 1. The van der Waals surface area contributed by atoms with E-state index in [4.69, 9.17) is 8.92 Å². The molecule has 1 aliphatic heterocycles. The molecule has 8 nitrogen and oxygen atoms in total. The summed E-state index contributed by atoms with van der Waals surface area (Å²) < 4.78 is 37.6. The number of carbonyl (C=O) groups is 1. The van der Waals surface area contributed by atoms with Crippen molar-refractivity contribution in [3.8, 4) is 5.75 Å². The number of fused-ring (bicyclic) bond motifs is 1. The molecular weight excluding hydrogens is 378 g/mol. The number of rotatable bonds is 4. The Labute approximate surface area is 154 Å². The fraction of sp³-hybridized carbons (Fsp3) is 0.125. The molecule has 2 aromatic carbocycles. The van der Waals surface area contributed by atoms with Gasteiger partial charge >= 0.3 is 16.2 Å². The number of hydrogen-bond acceptors (Lipinski definition) is 8. The van der Waals surface area contributed by atoms with Crippen molar-refractivity contribution >= 4 is 44.7 Å². The van der Waals surface area contributed by atoms with Gasteiger partial charge in [-0.25, -0.2) is 9.79 Å². The zero-order valence-corrected chi connectivity index (χ0v) is 15.3. The molecule has 0 aliphatic carbocycles. The maximum absolute atomic E-state index is 12.3. The lowest BCUT2D eigenvalue weighted by molar-refractivity contribution is 0.158. The van der Waals surface area contributed by atoms with Crippen LogP contribution >= 0.6 is 11.9 Å². The van der Waals surface area contributed by atoms with Crippen molar-refractivity contribution in [1.29, 1.82) is 0 Å². The molecule has 0 spiro atoms. The molecule has 26 heavy (non-hydrogen) atoms. The van der Waals surface area contributed by atoms with Gasteiger partial charge < -0.3 is 13.6 Å². The Morgan fingerprint density at radius 3 is 2.73 bits per heavy atom. The third-order valence-corrected chi connectivity index (χ3v) is 5.14. The second-order valence-corrected chi connectivity index (χ2v) is 7.34. The van der Waals surface area contributed by atoms with Gasteiger partial charge in [0, 0.05) is 18.0 Å². The third-order valence-electron chi connectivity index (χ3n) is 3.17. The van der Waals surface area contributed by atoms with Crippen LogP contribution in [0.15, 0.2) is 58.4 Å². The molecule has 0 unspecified atom stereocenters. The number of carbonyl (C=O) groups excluding carboxylic acids is 1. The van der Waals surface area contributed by atoms with Crippen molar-refractivity contribution in [3.63, 3.8) is 0 Å². The second-order valence-electron chi connectivity index (χ2n) is 5.00. The quantitative estimate of drug-likeness (QED) is 0.606. The van der Waals surface area contributed by atoms with Crippen molar-refractivity contribution in [2.75, 3.05) is 11.3 Å². The van der Waals surface area contributed by atoms with E-state index >= 15 is 0 Å². The average Bonchev–Trinajstić information content (AvgIpc) is 2.62. The summed E-state index contributed by atoms with van der Waals surface area (Å²) in [6, 6.07) is 12.5. The summed E-state index contributed by atoms with van der Waals surface area (Å²) in [6.45, 7) is 1.93. The van der Waals surface area contributed by atoms with E-state index in [2.05, 4.69) is 15.0 Å². The summed E-state index contributed by atoms with van der Waals surface area (Å²) in [4.78, 5) is 15.8. The van der Waals surface area contributed by atoms with Crippen LogP contribution in [0.2, 0.25) is 0 Å². The van der Waals surface area contributed by atoms with E-state index in [1.807, 2.05) is 0 Å². The zero-order valence-electron chi connectivity index (χ0n) is 13.6. The molecule has 0 bridgehead atoms. The molecule has 1 aliphatic rings. The fourth-order valence-corrected chi connectivity index (χ4v) is 3.65. The molecule has 0 atom stereocenters. The van der Waals surface area contributed by atoms with Crippen LogP contribution in [0, 0.1) is 0 Å². The zero-order chi connectivity index (χ0) is 18.6. The van der Waals surface area contributed by atoms with E-state index in [0.29, 0.717) is 11.4 Å². The minimum atomic E-state index is -3.94. The summed E-state index contributed by atoms with van der Waals surface area (Å²) in [5, 5.41) is 2.76. The van der Waals surface area contributed by atoms with Gasteiger partial charge in [0.2, 0.25) is 0 Å². The van der Waals surface area contributed by atoms with Crippen LogP contribution in [0.1, 0.15) is 6.92 Å². The van der Waals surface area contributed by atoms with Gasteiger partial charge in [-0.3, -0.25) is 5.32 Å². The Morgan fingerprint density at radius 2 is 2.00 bits per heavy atom. The van der Waals surface area contributed by atoms with Crippen molar-refractivity contribution in [3.05, 3.63) is 48.5 Å². The predicted octanol–water partition coefficient (Wildman–Crippen LogP) is 3.26. The maximum Gasteiger partial charge on any atom is 0.413 e. The third kappa shape index (κ3) is 4.27. The van der Waals surface area contributed by atoms with Gasteiger partial charge in [-0.15, -0.1) is 0 Å². The van der Waals surface area contributed by atoms with E-state index in [1.165, 1.54) is 24.3 Å². The number of alkyl carbamates (subject to hydrolysis) is 1. The fourth-order valence-electron chi connectivity index (χ4n) is 2.05. The van der Waals surface area contributed by atoms with Gasteiger partial charge in [-0.05, 0) is 31.2 Å². The first-order chi connectivity index (χ1) is 12.5. The van der Waals surface area contributed by atoms with Crippen LogP contribution < -0.4 is 14.2 Å². The van der Waals surface area contributed by atoms with Crippen LogP contribution in [-0.4, -0.2) is 26.3 Å². The molecule has 10 heteroatoms. The number of amides is 1. The molecule has 0 saturated carbocycles. The lowest BCUT2D eigenvalue weighted by atomic mass is 10.2. The SMILES string of the molecule is CCOC(=O)NC1=Nc2cc(OS(=O)(=O)c3ccccc3)ccc2NS1. The van der Waals surface area contributed by atoms with Crippen molar-refractivity contribution in [2.24, 2.45) is 4.99 Å². The Balaban J connectivity index is 1.81. The topological polar surface area (TPSA) is 106 Å². The summed E-state index contributed by atoms with van der Waals surface area (Å²) in [6.07, 6.45) is -0.622. The molecule has 1 heterocycles. The highest BCUT2D eigenvalue weighted by Gasteiger charge is 2.19. The van der Waals surface area contributed by atoms with Gasteiger partial charge in [-0.2, -0.15) is 8.42 Å². The first-order valence-electron chi connectivity index (χ1n) is 7.57. The smallest absolute Gasteiger partial charge is 0.413 e. The Bertz CT molecular complexity index is 946. The van der Waals surface area contributed by atoms with Gasteiger partial charge in [0.05, 0.1) is 18.0 Å². The minimum Gasteiger partial charge on any atom is -0.450 e. The molecule has 2 aromatic rings. The van der Waals surface area contributed by atoms with E-state index < -0.39 is 16.2 Å². The normalized spacial score (nSPS) is 13.0. The lowest BCUT2D eigenvalue weighted by Crippen LogP contribution is -2.30. The largest absolute Gasteiger partial charge is 0.450 e. The van der Waals surface area contributed by atoms with Gasteiger partial charge in [-0.1, -0.05) is 18.2 Å². The molecule has 1 amide bonds. The molecule has 3 rings (SSSR count). The van der Waals surface area contributed by atoms with Crippen molar-refractivity contribution in [1.82, 2.24) is 5.32 Å². The number of ether oxygens (including phenoxy) is 1. The van der Waals surface area contributed by atoms with Crippen LogP contribution in [0.25, 0.3) is 0 Å². The Kier molecular flexibility index (Phi) is 5.33. The predicted molar refractivity (Wildman–Crippen MR) is 99.2 cm³/mol. The number of hydrogen-bond donors (Lipinski definition) is 2. The summed E-state index contributed by atoms with van der Waals surface area (Å²) in [7, 11) is -3.94. The van der Waals surface area contributed by atoms with E-state index in [9.17, 15) is 13.2 Å². The van der Waals surface area contributed by atoms with Crippen molar-refractivity contribution < 1.29 is 22.1 Å². The van der Waals surface area contributed by atoms with E-state index in [0.717, 1.165) is 11.9 Å².